The van der Waals surface area contributed by atoms with E-state index in [4.69, 9.17) is 0 Å². The van der Waals surface area contributed by atoms with E-state index in [-0.39, 0.29) is 11.9 Å². The van der Waals surface area contributed by atoms with Crippen molar-refractivity contribution >= 4 is 11.6 Å². The van der Waals surface area contributed by atoms with E-state index in [1.165, 1.54) is 0 Å². The molecule has 0 spiro atoms. The van der Waals surface area contributed by atoms with Crippen LogP contribution >= 0.6 is 0 Å². The Morgan fingerprint density at radius 1 is 1.37 bits per heavy atom. The SMILES string of the molecule is O=C1C[C@H](NCc2ncc[nH]2)CN1c1ccccc1. The Kier molecular flexibility index (Phi) is 3.29. The summed E-state index contributed by atoms with van der Waals surface area (Å²) in [7, 11) is 0. The molecule has 1 aromatic heterocycles. The van der Waals surface area contributed by atoms with Crippen molar-refractivity contribution in [2.75, 3.05) is 11.4 Å². The Hall–Kier alpha value is -2.14. The summed E-state index contributed by atoms with van der Waals surface area (Å²) in [5, 5.41) is 3.36. The molecular formula is C14H16N4O. The van der Waals surface area contributed by atoms with Crippen LogP contribution in [-0.2, 0) is 11.3 Å². The van der Waals surface area contributed by atoms with Gasteiger partial charge in [-0.15, -0.1) is 0 Å². The average molecular weight is 256 g/mol. The summed E-state index contributed by atoms with van der Waals surface area (Å²) in [5.74, 6) is 1.06. The highest BCUT2D eigenvalue weighted by molar-refractivity contribution is 5.96. The van der Waals surface area contributed by atoms with E-state index in [9.17, 15) is 4.79 Å². The summed E-state index contributed by atoms with van der Waals surface area (Å²) >= 11 is 0. The van der Waals surface area contributed by atoms with Crippen molar-refractivity contribution in [2.24, 2.45) is 0 Å². The molecule has 3 rings (SSSR count). The van der Waals surface area contributed by atoms with Gasteiger partial charge in [0.1, 0.15) is 5.82 Å². The Balaban J connectivity index is 1.61. The lowest BCUT2D eigenvalue weighted by Gasteiger charge is -2.16. The second-order valence-electron chi connectivity index (χ2n) is 4.66. The lowest BCUT2D eigenvalue weighted by Crippen LogP contribution is -2.32. The number of amides is 1. The Morgan fingerprint density at radius 3 is 2.95 bits per heavy atom. The normalized spacial score (nSPS) is 19.1. The van der Waals surface area contributed by atoms with Crippen molar-refractivity contribution in [1.29, 1.82) is 0 Å². The van der Waals surface area contributed by atoms with E-state index < -0.39 is 0 Å². The number of rotatable bonds is 4. The molecule has 1 aliphatic heterocycles. The third-order valence-corrected chi connectivity index (χ3v) is 3.31. The molecular weight excluding hydrogens is 240 g/mol. The summed E-state index contributed by atoms with van der Waals surface area (Å²) in [4.78, 5) is 21.0. The minimum Gasteiger partial charge on any atom is -0.348 e. The number of aromatic amines is 1. The van der Waals surface area contributed by atoms with E-state index >= 15 is 0 Å². The lowest BCUT2D eigenvalue weighted by atomic mass is 10.2. The number of benzene rings is 1. The molecule has 0 saturated carbocycles. The lowest BCUT2D eigenvalue weighted by molar-refractivity contribution is -0.117. The summed E-state index contributed by atoms with van der Waals surface area (Å²) in [6.45, 7) is 1.37. The van der Waals surface area contributed by atoms with Gasteiger partial charge < -0.3 is 15.2 Å². The average Bonchev–Trinajstić information content (AvgIpc) is 3.07. The van der Waals surface area contributed by atoms with Crippen LogP contribution in [0.2, 0.25) is 0 Å². The van der Waals surface area contributed by atoms with Gasteiger partial charge in [-0.2, -0.15) is 0 Å². The molecule has 0 bridgehead atoms. The molecule has 19 heavy (non-hydrogen) atoms. The maximum atomic E-state index is 12.0. The number of para-hydroxylation sites is 1. The van der Waals surface area contributed by atoms with Gasteiger partial charge in [0.25, 0.3) is 0 Å². The van der Waals surface area contributed by atoms with Crippen LogP contribution in [0.4, 0.5) is 5.69 Å². The van der Waals surface area contributed by atoms with Crippen molar-refractivity contribution < 1.29 is 4.79 Å². The van der Waals surface area contributed by atoms with Gasteiger partial charge in [-0.05, 0) is 12.1 Å². The summed E-state index contributed by atoms with van der Waals surface area (Å²) in [6.07, 6.45) is 4.07. The first-order valence-corrected chi connectivity index (χ1v) is 6.40. The Bertz CT molecular complexity index is 538. The van der Waals surface area contributed by atoms with E-state index in [2.05, 4.69) is 15.3 Å². The van der Waals surface area contributed by atoms with Crippen LogP contribution in [0, 0.1) is 0 Å². The van der Waals surface area contributed by atoms with Crippen LogP contribution in [0.25, 0.3) is 0 Å². The highest BCUT2D eigenvalue weighted by Gasteiger charge is 2.30. The number of anilines is 1. The number of nitrogens with one attached hydrogen (secondary N) is 2. The van der Waals surface area contributed by atoms with E-state index in [1.54, 1.807) is 12.4 Å². The second kappa shape index (κ2) is 5.24. The molecule has 1 saturated heterocycles. The molecule has 0 unspecified atom stereocenters. The molecule has 0 radical (unpaired) electrons. The molecule has 98 valence electrons. The second-order valence-corrected chi connectivity index (χ2v) is 4.66. The number of carbonyl (C=O) groups is 1. The van der Waals surface area contributed by atoms with Gasteiger partial charge in [-0.3, -0.25) is 4.79 Å². The van der Waals surface area contributed by atoms with Crippen LogP contribution in [0.3, 0.4) is 0 Å². The maximum Gasteiger partial charge on any atom is 0.228 e. The van der Waals surface area contributed by atoms with Crippen LogP contribution in [-0.4, -0.2) is 28.5 Å². The molecule has 2 N–H and O–H groups in total. The minimum atomic E-state index is 0.170. The number of imidazole rings is 1. The highest BCUT2D eigenvalue weighted by Crippen LogP contribution is 2.20. The van der Waals surface area contributed by atoms with Gasteiger partial charge in [-0.25, -0.2) is 4.98 Å². The van der Waals surface area contributed by atoms with Gasteiger partial charge >= 0.3 is 0 Å². The van der Waals surface area contributed by atoms with Gasteiger partial charge in [0.05, 0.1) is 6.54 Å². The molecule has 1 aliphatic rings. The topological polar surface area (TPSA) is 61.0 Å². The van der Waals surface area contributed by atoms with Crippen LogP contribution < -0.4 is 10.2 Å². The van der Waals surface area contributed by atoms with E-state index in [0.29, 0.717) is 19.5 Å². The number of hydrogen-bond acceptors (Lipinski definition) is 3. The molecule has 1 amide bonds. The third-order valence-electron chi connectivity index (χ3n) is 3.31. The summed E-state index contributed by atoms with van der Waals surface area (Å²) in [5.41, 5.74) is 0.967. The molecule has 2 heterocycles. The Labute approximate surface area is 111 Å². The van der Waals surface area contributed by atoms with Crippen LogP contribution in [0.5, 0.6) is 0 Å². The quantitative estimate of drug-likeness (QED) is 0.867. The standard InChI is InChI=1S/C14H16N4O/c19-14-8-11(17-9-13-15-6-7-16-13)10-18(14)12-4-2-1-3-5-12/h1-7,11,17H,8-10H2,(H,15,16)/t11-/m0/s1. The fourth-order valence-corrected chi connectivity index (χ4v) is 2.34. The summed E-state index contributed by atoms with van der Waals surface area (Å²) in [6, 6.07) is 9.96. The monoisotopic (exact) mass is 256 g/mol. The molecule has 5 nitrogen and oxygen atoms in total. The van der Waals surface area contributed by atoms with Gasteiger partial charge in [-0.1, -0.05) is 18.2 Å². The van der Waals surface area contributed by atoms with Crippen molar-refractivity contribution in [3.63, 3.8) is 0 Å². The van der Waals surface area contributed by atoms with Crippen LogP contribution in [0.1, 0.15) is 12.2 Å². The number of nitrogens with zero attached hydrogens (tertiary/aromatic N) is 2. The number of H-pyrrole nitrogens is 1. The number of aromatic nitrogens is 2. The van der Waals surface area contributed by atoms with E-state index in [0.717, 1.165) is 11.5 Å². The highest BCUT2D eigenvalue weighted by atomic mass is 16.2. The predicted molar refractivity (Wildman–Crippen MR) is 72.6 cm³/mol. The maximum absolute atomic E-state index is 12.0. The first kappa shape index (κ1) is 11.9. The smallest absolute Gasteiger partial charge is 0.228 e. The Morgan fingerprint density at radius 2 is 2.21 bits per heavy atom. The van der Waals surface area contributed by atoms with Crippen molar-refractivity contribution in [3.8, 4) is 0 Å². The molecule has 1 atom stereocenters. The fourth-order valence-electron chi connectivity index (χ4n) is 2.34. The molecule has 5 heteroatoms. The molecule has 2 aromatic rings. The molecule has 0 aliphatic carbocycles. The molecule has 1 fully saturated rings. The summed E-state index contributed by atoms with van der Waals surface area (Å²) < 4.78 is 0. The molecule has 1 aromatic carbocycles. The fraction of sp³-hybridized carbons (Fsp3) is 0.286. The first-order chi connectivity index (χ1) is 9.33. The third kappa shape index (κ3) is 2.66. The van der Waals surface area contributed by atoms with Gasteiger partial charge in [0, 0.05) is 37.1 Å². The van der Waals surface area contributed by atoms with Crippen molar-refractivity contribution in [2.45, 2.75) is 19.0 Å². The zero-order valence-electron chi connectivity index (χ0n) is 10.5. The van der Waals surface area contributed by atoms with Crippen molar-refractivity contribution in [3.05, 3.63) is 48.5 Å². The number of carbonyl (C=O) groups excluding carboxylic acids is 1. The van der Waals surface area contributed by atoms with Gasteiger partial charge in [0.15, 0.2) is 0 Å². The zero-order valence-corrected chi connectivity index (χ0v) is 10.5. The van der Waals surface area contributed by atoms with E-state index in [1.807, 2.05) is 35.2 Å². The van der Waals surface area contributed by atoms with Gasteiger partial charge in [0.2, 0.25) is 5.91 Å². The first-order valence-electron chi connectivity index (χ1n) is 6.40. The minimum absolute atomic E-state index is 0.170. The largest absolute Gasteiger partial charge is 0.348 e. The van der Waals surface area contributed by atoms with Crippen LogP contribution in [0.15, 0.2) is 42.7 Å². The van der Waals surface area contributed by atoms with Crippen molar-refractivity contribution in [1.82, 2.24) is 15.3 Å². The number of hydrogen-bond donors (Lipinski definition) is 2. The zero-order chi connectivity index (χ0) is 13.1. The predicted octanol–water partition coefficient (Wildman–Crippen LogP) is 1.30.